The molecule has 4 atom stereocenters. The minimum atomic E-state index is -0.997. The molecule has 0 radical (unpaired) electrons. The van der Waals surface area contributed by atoms with Gasteiger partial charge in [0, 0.05) is 12.3 Å². The van der Waals surface area contributed by atoms with E-state index < -0.39 is 17.7 Å². The Morgan fingerprint density at radius 1 is 1.40 bits per heavy atom. The lowest BCUT2D eigenvalue weighted by Gasteiger charge is -2.37. The Bertz CT molecular complexity index is 373. The first-order valence-electron chi connectivity index (χ1n) is 5.24. The summed E-state index contributed by atoms with van der Waals surface area (Å²) in [6.07, 6.45) is 4.79. The molecule has 0 aromatic heterocycles. The Morgan fingerprint density at radius 2 is 2.20 bits per heavy atom. The highest BCUT2D eigenvalue weighted by molar-refractivity contribution is 5.91. The summed E-state index contributed by atoms with van der Waals surface area (Å²) in [6, 6.07) is 0. The highest BCUT2D eigenvalue weighted by Crippen LogP contribution is 2.50. The summed E-state index contributed by atoms with van der Waals surface area (Å²) in [5.41, 5.74) is -0.997. The van der Waals surface area contributed by atoms with Gasteiger partial charge in [-0.1, -0.05) is 12.2 Å². The van der Waals surface area contributed by atoms with E-state index in [-0.39, 0.29) is 11.9 Å². The van der Waals surface area contributed by atoms with Gasteiger partial charge in [-0.15, -0.1) is 0 Å². The van der Waals surface area contributed by atoms with Gasteiger partial charge in [-0.3, -0.25) is 0 Å². The van der Waals surface area contributed by atoms with Crippen LogP contribution in [0.15, 0.2) is 12.2 Å². The molecule has 3 aliphatic rings. The minimum absolute atomic E-state index is 0.0199. The van der Waals surface area contributed by atoms with Crippen molar-refractivity contribution in [3.05, 3.63) is 12.2 Å². The van der Waals surface area contributed by atoms with Crippen LogP contribution in [-0.4, -0.2) is 23.6 Å². The number of cyclic esters (lactones) is 1. The Morgan fingerprint density at radius 3 is 2.80 bits per heavy atom. The van der Waals surface area contributed by atoms with E-state index in [1.807, 2.05) is 6.08 Å². The zero-order chi connectivity index (χ0) is 10.6. The van der Waals surface area contributed by atoms with Gasteiger partial charge in [-0.2, -0.15) is 0 Å². The Hall–Kier alpha value is -1.32. The van der Waals surface area contributed by atoms with E-state index in [2.05, 4.69) is 6.08 Å². The second-order valence-electron chi connectivity index (χ2n) is 4.55. The predicted molar refractivity (Wildman–Crippen MR) is 49.7 cm³/mol. The van der Waals surface area contributed by atoms with Gasteiger partial charge in [0.1, 0.15) is 0 Å². The molecule has 80 valence electrons. The van der Waals surface area contributed by atoms with E-state index in [1.165, 1.54) is 6.92 Å². The molecule has 1 spiro atoms. The van der Waals surface area contributed by atoms with Crippen LogP contribution in [0.4, 0.5) is 0 Å². The number of carbonyl (C=O) groups is 2. The first-order chi connectivity index (χ1) is 7.12. The lowest BCUT2D eigenvalue weighted by molar-refractivity contribution is -0.213. The van der Waals surface area contributed by atoms with E-state index in [4.69, 9.17) is 9.47 Å². The van der Waals surface area contributed by atoms with Crippen molar-refractivity contribution in [2.45, 2.75) is 31.5 Å². The summed E-state index contributed by atoms with van der Waals surface area (Å²) >= 11 is 0. The van der Waals surface area contributed by atoms with Gasteiger partial charge in [0.05, 0.1) is 0 Å². The topological polar surface area (TPSA) is 52.6 Å². The van der Waals surface area contributed by atoms with Gasteiger partial charge in [0.15, 0.2) is 6.10 Å². The SMILES string of the molecule is CC1OC(=O)C2(CC3C=CC2C3)OC1=O. The van der Waals surface area contributed by atoms with Gasteiger partial charge >= 0.3 is 11.9 Å². The summed E-state index contributed by atoms with van der Waals surface area (Å²) in [6.45, 7) is 1.54. The Labute approximate surface area is 87.2 Å². The van der Waals surface area contributed by atoms with Crippen molar-refractivity contribution < 1.29 is 19.1 Å². The van der Waals surface area contributed by atoms with Crippen LogP contribution in [0.3, 0.4) is 0 Å². The minimum Gasteiger partial charge on any atom is -0.448 e. The summed E-state index contributed by atoms with van der Waals surface area (Å²) in [7, 11) is 0. The number of fused-ring (bicyclic) bond motifs is 3. The van der Waals surface area contributed by atoms with Gasteiger partial charge in [0.2, 0.25) is 5.60 Å². The fourth-order valence-corrected chi connectivity index (χ4v) is 2.78. The molecule has 0 amide bonds. The lowest BCUT2D eigenvalue weighted by Crippen LogP contribution is -2.55. The number of allylic oxidation sites excluding steroid dienone is 1. The maximum absolute atomic E-state index is 11.8. The second kappa shape index (κ2) is 2.62. The maximum atomic E-state index is 11.8. The molecule has 1 heterocycles. The number of ether oxygens (including phenoxy) is 2. The maximum Gasteiger partial charge on any atom is 0.352 e. The molecule has 2 aliphatic carbocycles. The average molecular weight is 208 g/mol. The highest BCUT2D eigenvalue weighted by Gasteiger charge is 2.60. The number of carbonyl (C=O) groups excluding carboxylic acids is 2. The number of hydrogen-bond donors (Lipinski definition) is 0. The Kier molecular flexibility index (Phi) is 1.56. The molecule has 2 fully saturated rings. The van der Waals surface area contributed by atoms with Crippen molar-refractivity contribution >= 4 is 11.9 Å². The molecule has 4 unspecified atom stereocenters. The molecule has 15 heavy (non-hydrogen) atoms. The van der Waals surface area contributed by atoms with Gasteiger partial charge in [0.25, 0.3) is 0 Å². The molecule has 0 aromatic carbocycles. The lowest BCUT2D eigenvalue weighted by atomic mass is 9.87. The molecular formula is C11H12O4. The quantitative estimate of drug-likeness (QED) is 0.436. The fourth-order valence-electron chi connectivity index (χ4n) is 2.78. The molecule has 0 aromatic rings. The third-order valence-electron chi connectivity index (χ3n) is 3.58. The van der Waals surface area contributed by atoms with Crippen LogP contribution in [0, 0.1) is 11.8 Å². The van der Waals surface area contributed by atoms with Gasteiger partial charge in [-0.05, 0) is 19.3 Å². The summed E-state index contributed by atoms with van der Waals surface area (Å²) < 4.78 is 10.4. The van der Waals surface area contributed by atoms with Crippen LogP contribution in [-0.2, 0) is 19.1 Å². The van der Waals surface area contributed by atoms with Crippen molar-refractivity contribution in [2.24, 2.45) is 11.8 Å². The van der Waals surface area contributed by atoms with E-state index in [1.54, 1.807) is 0 Å². The summed E-state index contributed by atoms with van der Waals surface area (Å²) in [5, 5.41) is 0. The summed E-state index contributed by atoms with van der Waals surface area (Å²) in [5.74, 6) is -0.405. The van der Waals surface area contributed by atoms with E-state index in [9.17, 15) is 9.59 Å². The molecule has 1 aliphatic heterocycles. The third-order valence-corrected chi connectivity index (χ3v) is 3.58. The van der Waals surface area contributed by atoms with Crippen molar-refractivity contribution in [1.29, 1.82) is 0 Å². The number of hydrogen-bond acceptors (Lipinski definition) is 4. The molecule has 3 rings (SSSR count). The first-order valence-corrected chi connectivity index (χ1v) is 5.24. The van der Waals surface area contributed by atoms with Crippen LogP contribution in [0.5, 0.6) is 0 Å². The van der Waals surface area contributed by atoms with Crippen LogP contribution >= 0.6 is 0 Å². The van der Waals surface area contributed by atoms with Crippen molar-refractivity contribution in [2.75, 3.05) is 0 Å². The van der Waals surface area contributed by atoms with Crippen LogP contribution in [0.2, 0.25) is 0 Å². The number of rotatable bonds is 0. The average Bonchev–Trinajstić information content (AvgIpc) is 2.75. The van der Waals surface area contributed by atoms with Crippen LogP contribution in [0.1, 0.15) is 19.8 Å². The monoisotopic (exact) mass is 208 g/mol. The first kappa shape index (κ1) is 8.95. The van der Waals surface area contributed by atoms with Crippen molar-refractivity contribution in [3.63, 3.8) is 0 Å². The molecule has 0 N–H and O–H groups in total. The van der Waals surface area contributed by atoms with E-state index >= 15 is 0 Å². The number of esters is 2. The molecular weight excluding hydrogens is 196 g/mol. The highest BCUT2D eigenvalue weighted by atomic mass is 16.7. The van der Waals surface area contributed by atoms with Gasteiger partial charge < -0.3 is 9.47 Å². The standard InChI is InChI=1S/C11H12O4/c1-6-9(12)15-11(10(13)14-6)5-7-2-3-8(11)4-7/h2-3,6-8H,4-5H2,1H3. The smallest absolute Gasteiger partial charge is 0.352 e. The zero-order valence-corrected chi connectivity index (χ0v) is 8.43. The van der Waals surface area contributed by atoms with Crippen molar-refractivity contribution in [3.8, 4) is 0 Å². The fraction of sp³-hybridized carbons (Fsp3) is 0.636. The predicted octanol–water partition coefficient (Wildman–Crippen LogP) is 0.810. The van der Waals surface area contributed by atoms with E-state index in [0.29, 0.717) is 12.3 Å². The molecule has 2 bridgehead atoms. The van der Waals surface area contributed by atoms with Crippen LogP contribution in [0.25, 0.3) is 0 Å². The molecule has 4 nitrogen and oxygen atoms in total. The van der Waals surface area contributed by atoms with Crippen molar-refractivity contribution in [1.82, 2.24) is 0 Å². The van der Waals surface area contributed by atoms with Crippen LogP contribution < -0.4 is 0 Å². The Balaban J connectivity index is 1.96. The normalized spacial score (nSPS) is 47.1. The van der Waals surface area contributed by atoms with E-state index in [0.717, 1.165) is 6.42 Å². The van der Waals surface area contributed by atoms with Gasteiger partial charge in [-0.25, -0.2) is 9.59 Å². The zero-order valence-electron chi connectivity index (χ0n) is 8.43. The largest absolute Gasteiger partial charge is 0.448 e. The second-order valence-corrected chi connectivity index (χ2v) is 4.55. The molecule has 4 heteroatoms. The third kappa shape index (κ3) is 1.02. The molecule has 1 saturated carbocycles. The summed E-state index contributed by atoms with van der Waals surface area (Å²) in [4.78, 5) is 23.3. The molecule has 1 saturated heterocycles.